The van der Waals surface area contributed by atoms with Gasteiger partial charge in [0, 0.05) is 16.3 Å². The molecule has 0 saturated heterocycles. The van der Waals surface area contributed by atoms with E-state index in [1.165, 1.54) is 16.9 Å². The molecule has 2 nitrogen and oxygen atoms in total. The van der Waals surface area contributed by atoms with Gasteiger partial charge in [-0.1, -0.05) is 29.8 Å². The van der Waals surface area contributed by atoms with Crippen LogP contribution in [0.4, 0.5) is 11.4 Å². The van der Waals surface area contributed by atoms with Crippen LogP contribution in [0.2, 0.25) is 0 Å². The van der Waals surface area contributed by atoms with Crippen molar-refractivity contribution in [2.45, 2.75) is 6.92 Å². The summed E-state index contributed by atoms with van der Waals surface area (Å²) in [5.74, 6) is 0. The molecule has 0 amide bonds. The van der Waals surface area contributed by atoms with Gasteiger partial charge in [-0.25, -0.2) is 0 Å². The quantitative estimate of drug-likeness (QED) is 0.663. The highest BCUT2D eigenvalue weighted by molar-refractivity contribution is 7.17. The minimum absolute atomic E-state index is 0.756. The molecule has 1 aromatic heterocycles. The van der Waals surface area contributed by atoms with Crippen molar-refractivity contribution in [3.05, 3.63) is 71.1 Å². The highest BCUT2D eigenvalue weighted by Crippen LogP contribution is 2.28. The number of thiophene rings is 1. The van der Waals surface area contributed by atoms with Gasteiger partial charge in [-0.3, -0.25) is 4.79 Å². The average Bonchev–Trinajstić information content (AvgIpc) is 2.99. The first-order chi connectivity index (χ1) is 10.2. The number of nitrogens with one attached hydrogen (secondary N) is 1. The maximum atomic E-state index is 10.7. The van der Waals surface area contributed by atoms with Gasteiger partial charge >= 0.3 is 0 Å². The minimum atomic E-state index is 0.756. The molecule has 0 radical (unpaired) electrons. The van der Waals surface area contributed by atoms with Crippen LogP contribution in [-0.2, 0) is 0 Å². The van der Waals surface area contributed by atoms with Crippen molar-refractivity contribution in [2.75, 3.05) is 5.32 Å². The Labute approximate surface area is 128 Å². The minimum Gasteiger partial charge on any atom is -0.356 e. The predicted molar refractivity (Wildman–Crippen MR) is 89.6 cm³/mol. The summed E-state index contributed by atoms with van der Waals surface area (Å²) in [5.41, 5.74) is 4.50. The molecule has 0 atom stereocenters. The normalized spacial score (nSPS) is 10.3. The molecule has 3 heteroatoms. The van der Waals surface area contributed by atoms with Crippen molar-refractivity contribution in [1.29, 1.82) is 0 Å². The zero-order valence-corrected chi connectivity index (χ0v) is 12.5. The van der Waals surface area contributed by atoms with Gasteiger partial charge in [-0.2, -0.15) is 0 Å². The van der Waals surface area contributed by atoms with Gasteiger partial charge in [-0.15, -0.1) is 11.3 Å². The molecule has 3 rings (SSSR count). The van der Waals surface area contributed by atoms with Gasteiger partial charge in [0.05, 0.1) is 4.88 Å². The molecule has 3 aromatic rings. The van der Waals surface area contributed by atoms with E-state index in [4.69, 9.17) is 0 Å². The third kappa shape index (κ3) is 3.20. The summed E-state index contributed by atoms with van der Waals surface area (Å²) in [7, 11) is 0. The Morgan fingerprint density at radius 2 is 1.48 bits per heavy atom. The summed E-state index contributed by atoms with van der Waals surface area (Å²) in [4.78, 5) is 12.6. The van der Waals surface area contributed by atoms with Gasteiger partial charge in [-0.05, 0) is 48.9 Å². The molecule has 0 aliphatic heterocycles. The number of carbonyl (C=O) groups is 1. The SMILES string of the molecule is Cc1ccc(Nc2ccc(-c3ccc(C=O)s3)cc2)cc1. The molecule has 21 heavy (non-hydrogen) atoms. The van der Waals surface area contributed by atoms with Gasteiger partial charge < -0.3 is 5.32 Å². The molecule has 1 N–H and O–H groups in total. The van der Waals surface area contributed by atoms with Crippen LogP contribution in [-0.4, -0.2) is 6.29 Å². The molecule has 0 aliphatic carbocycles. The van der Waals surface area contributed by atoms with Crippen LogP contribution in [0, 0.1) is 6.92 Å². The van der Waals surface area contributed by atoms with E-state index >= 15 is 0 Å². The van der Waals surface area contributed by atoms with Crippen molar-refractivity contribution in [2.24, 2.45) is 0 Å². The van der Waals surface area contributed by atoms with E-state index in [1.807, 2.05) is 12.1 Å². The summed E-state index contributed by atoms with van der Waals surface area (Å²) >= 11 is 1.51. The van der Waals surface area contributed by atoms with E-state index in [0.29, 0.717) is 0 Å². The number of benzene rings is 2. The fraction of sp³-hybridized carbons (Fsp3) is 0.0556. The number of hydrogen-bond acceptors (Lipinski definition) is 3. The second kappa shape index (κ2) is 5.94. The second-order valence-electron chi connectivity index (χ2n) is 4.89. The summed E-state index contributed by atoms with van der Waals surface area (Å²) in [6.07, 6.45) is 0.890. The maximum Gasteiger partial charge on any atom is 0.160 e. The Morgan fingerprint density at radius 3 is 2.05 bits per heavy atom. The Hall–Kier alpha value is -2.39. The molecule has 104 valence electrons. The predicted octanol–water partition coefficient (Wildman–Crippen LogP) is 5.28. The van der Waals surface area contributed by atoms with E-state index in [0.717, 1.165) is 33.0 Å². The zero-order valence-electron chi connectivity index (χ0n) is 11.7. The van der Waals surface area contributed by atoms with Gasteiger partial charge in [0.25, 0.3) is 0 Å². The number of hydrogen-bond donors (Lipinski definition) is 1. The number of carbonyl (C=O) groups excluding carboxylic acids is 1. The lowest BCUT2D eigenvalue weighted by atomic mass is 10.1. The molecule has 2 aromatic carbocycles. The van der Waals surface area contributed by atoms with Gasteiger partial charge in [0.1, 0.15) is 0 Å². The number of aldehydes is 1. The average molecular weight is 293 g/mol. The van der Waals surface area contributed by atoms with Gasteiger partial charge in [0.15, 0.2) is 6.29 Å². The molecule has 0 fully saturated rings. The van der Waals surface area contributed by atoms with E-state index in [9.17, 15) is 4.79 Å². The zero-order chi connectivity index (χ0) is 14.7. The van der Waals surface area contributed by atoms with E-state index in [2.05, 4.69) is 60.8 Å². The highest BCUT2D eigenvalue weighted by atomic mass is 32.1. The van der Waals surface area contributed by atoms with Gasteiger partial charge in [0.2, 0.25) is 0 Å². The molecule has 0 saturated carbocycles. The number of anilines is 2. The fourth-order valence-electron chi connectivity index (χ4n) is 2.09. The van der Waals surface area contributed by atoms with E-state index in [1.54, 1.807) is 0 Å². The highest BCUT2D eigenvalue weighted by Gasteiger charge is 2.02. The van der Waals surface area contributed by atoms with Crippen molar-refractivity contribution in [3.63, 3.8) is 0 Å². The third-order valence-electron chi connectivity index (χ3n) is 3.25. The smallest absolute Gasteiger partial charge is 0.160 e. The van der Waals surface area contributed by atoms with Crippen molar-refractivity contribution in [1.82, 2.24) is 0 Å². The van der Waals surface area contributed by atoms with Crippen molar-refractivity contribution >= 4 is 29.0 Å². The summed E-state index contributed by atoms with van der Waals surface area (Å²) in [6, 6.07) is 20.4. The summed E-state index contributed by atoms with van der Waals surface area (Å²) in [5, 5.41) is 3.37. The standard InChI is InChI=1S/C18H15NOS/c1-13-2-6-15(7-3-13)19-16-8-4-14(5-9-16)18-11-10-17(12-20)21-18/h2-12,19H,1H3. The van der Waals surface area contributed by atoms with Crippen LogP contribution in [0.1, 0.15) is 15.2 Å². The number of aryl methyl sites for hydroxylation is 1. The molecule has 0 aliphatic rings. The van der Waals surface area contributed by atoms with Crippen molar-refractivity contribution in [3.8, 4) is 10.4 Å². The first-order valence-electron chi connectivity index (χ1n) is 6.74. The molecule has 1 heterocycles. The largest absolute Gasteiger partial charge is 0.356 e. The van der Waals surface area contributed by atoms with Crippen LogP contribution < -0.4 is 5.32 Å². The maximum absolute atomic E-state index is 10.7. The lowest BCUT2D eigenvalue weighted by Gasteiger charge is -2.07. The van der Waals surface area contributed by atoms with Crippen LogP contribution in [0.25, 0.3) is 10.4 Å². The monoisotopic (exact) mass is 293 g/mol. The van der Waals surface area contributed by atoms with E-state index in [-0.39, 0.29) is 0 Å². The molecule has 0 bridgehead atoms. The Balaban J connectivity index is 1.77. The molecular formula is C18H15NOS. The molecule has 0 spiro atoms. The van der Waals surface area contributed by atoms with Crippen molar-refractivity contribution < 1.29 is 4.79 Å². The van der Waals surface area contributed by atoms with Crippen LogP contribution in [0.15, 0.2) is 60.7 Å². The first kappa shape index (κ1) is 13.6. The lowest BCUT2D eigenvalue weighted by molar-refractivity contribution is 0.112. The Morgan fingerprint density at radius 1 is 0.857 bits per heavy atom. The first-order valence-corrected chi connectivity index (χ1v) is 7.55. The fourth-order valence-corrected chi connectivity index (χ4v) is 2.92. The van der Waals surface area contributed by atoms with E-state index < -0.39 is 0 Å². The lowest BCUT2D eigenvalue weighted by Crippen LogP contribution is -1.89. The Kier molecular flexibility index (Phi) is 3.84. The second-order valence-corrected chi connectivity index (χ2v) is 6.00. The van der Waals surface area contributed by atoms with Crippen LogP contribution in [0.5, 0.6) is 0 Å². The Bertz CT molecular complexity index is 742. The topological polar surface area (TPSA) is 29.1 Å². The molecular weight excluding hydrogens is 278 g/mol. The summed E-state index contributed by atoms with van der Waals surface area (Å²) in [6.45, 7) is 2.08. The van der Waals surface area contributed by atoms with Crippen LogP contribution in [0.3, 0.4) is 0 Å². The number of rotatable bonds is 4. The summed E-state index contributed by atoms with van der Waals surface area (Å²) < 4.78 is 0. The van der Waals surface area contributed by atoms with Crippen LogP contribution >= 0.6 is 11.3 Å². The third-order valence-corrected chi connectivity index (χ3v) is 4.31. The molecule has 0 unspecified atom stereocenters.